The van der Waals surface area contributed by atoms with Crippen molar-refractivity contribution >= 4 is 28.3 Å². The third-order valence-corrected chi connectivity index (χ3v) is 7.49. The van der Waals surface area contributed by atoms with Crippen molar-refractivity contribution < 1.29 is 19.1 Å². The third kappa shape index (κ3) is 9.44. The van der Waals surface area contributed by atoms with E-state index in [1.54, 1.807) is 19.4 Å². The summed E-state index contributed by atoms with van der Waals surface area (Å²) in [5.74, 6) is -0.0293. The molecule has 224 valence electrons. The van der Waals surface area contributed by atoms with Crippen molar-refractivity contribution in [3.63, 3.8) is 0 Å². The van der Waals surface area contributed by atoms with E-state index >= 15 is 0 Å². The van der Waals surface area contributed by atoms with Crippen LogP contribution in [0.15, 0.2) is 36.1 Å². The predicted octanol–water partition coefficient (Wildman–Crippen LogP) is 5.45. The Balaban J connectivity index is 0.000000358. The van der Waals surface area contributed by atoms with Gasteiger partial charge in [0.1, 0.15) is 17.4 Å². The van der Waals surface area contributed by atoms with Gasteiger partial charge in [0.2, 0.25) is 5.91 Å². The van der Waals surface area contributed by atoms with Crippen molar-refractivity contribution in [3.05, 3.63) is 47.5 Å². The van der Waals surface area contributed by atoms with E-state index in [4.69, 9.17) is 9.47 Å². The van der Waals surface area contributed by atoms with Crippen molar-refractivity contribution in [2.24, 2.45) is 5.92 Å². The highest BCUT2D eigenvalue weighted by atomic mass is 32.1. The zero-order valence-corrected chi connectivity index (χ0v) is 26.2. The number of thiazole rings is 1. The van der Waals surface area contributed by atoms with Gasteiger partial charge in [-0.2, -0.15) is 0 Å². The molecule has 0 bridgehead atoms. The van der Waals surface area contributed by atoms with Gasteiger partial charge in [-0.1, -0.05) is 26.8 Å². The maximum Gasteiger partial charge on any atom is 0.272 e. The summed E-state index contributed by atoms with van der Waals surface area (Å²) in [4.78, 5) is 37.9. The van der Waals surface area contributed by atoms with Crippen LogP contribution in [0.1, 0.15) is 77.5 Å². The number of pyridine rings is 1. The first-order chi connectivity index (χ1) is 19.4. The highest BCUT2D eigenvalue weighted by Crippen LogP contribution is 2.26. The van der Waals surface area contributed by atoms with E-state index < -0.39 is 11.9 Å². The molecule has 2 amide bonds. The van der Waals surface area contributed by atoms with Crippen LogP contribution in [0.4, 0.5) is 5.13 Å². The summed E-state index contributed by atoms with van der Waals surface area (Å²) >= 11 is 1.30. The van der Waals surface area contributed by atoms with Gasteiger partial charge in [-0.25, -0.2) is 9.97 Å². The molecule has 3 unspecified atom stereocenters. The van der Waals surface area contributed by atoms with Crippen LogP contribution in [0.3, 0.4) is 0 Å². The summed E-state index contributed by atoms with van der Waals surface area (Å²) in [6.45, 7) is 17.6. The first-order valence-corrected chi connectivity index (χ1v) is 15.1. The number of rotatable bonds is 11. The Morgan fingerprint density at radius 3 is 2.46 bits per heavy atom. The van der Waals surface area contributed by atoms with Gasteiger partial charge in [-0.05, 0) is 65.5 Å². The Kier molecular flexibility index (Phi) is 11.6. The molecule has 41 heavy (non-hydrogen) atoms. The van der Waals surface area contributed by atoms with Crippen molar-refractivity contribution in [2.45, 2.75) is 92.0 Å². The highest BCUT2D eigenvalue weighted by Gasteiger charge is 2.35. The minimum absolute atomic E-state index is 0.177. The van der Waals surface area contributed by atoms with E-state index in [1.807, 2.05) is 42.0 Å². The lowest BCUT2D eigenvalue weighted by Crippen LogP contribution is -2.48. The number of aryl methyl sites for hydroxylation is 1. The molecule has 0 aromatic carbocycles. The van der Waals surface area contributed by atoms with Crippen LogP contribution in [0.25, 0.3) is 11.4 Å². The SMILES string of the molecule is CCC(C)OC(C)CC(C)C.Cc1cccc(-c2csc(NC(=O)C(C)NC(=O)c3cn(C4(C)COC4)cn3)n2)n1. The molecule has 0 radical (unpaired) electrons. The normalized spacial score (nSPS) is 16.1. The van der Waals surface area contributed by atoms with E-state index in [-0.39, 0.29) is 17.1 Å². The maximum absolute atomic E-state index is 12.5. The third-order valence-electron chi connectivity index (χ3n) is 6.73. The molecule has 1 aliphatic heterocycles. The fourth-order valence-electron chi connectivity index (χ4n) is 4.18. The lowest BCUT2D eigenvalue weighted by molar-refractivity contribution is -0.117. The molecule has 1 aliphatic rings. The number of carbonyl (C=O) groups excluding carboxylic acids is 2. The number of nitrogens with one attached hydrogen (secondary N) is 2. The largest absolute Gasteiger partial charge is 0.376 e. The molecule has 10 nitrogen and oxygen atoms in total. The van der Waals surface area contributed by atoms with Gasteiger partial charge in [0.25, 0.3) is 5.91 Å². The maximum atomic E-state index is 12.5. The lowest BCUT2D eigenvalue weighted by atomic mass is 10.0. The molecule has 0 spiro atoms. The Hall–Kier alpha value is -3.15. The number of hydrogen-bond donors (Lipinski definition) is 2. The molecule has 4 rings (SSSR count). The Morgan fingerprint density at radius 1 is 1.12 bits per heavy atom. The monoisotopic (exact) mass is 584 g/mol. The van der Waals surface area contributed by atoms with Crippen molar-refractivity contribution in [1.82, 2.24) is 24.8 Å². The molecule has 3 aromatic rings. The first-order valence-electron chi connectivity index (χ1n) is 14.2. The summed E-state index contributed by atoms with van der Waals surface area (Å²) in [6, 6.07) is 4.93. The van der Waals surface area contributed by atoms with Crippen molar-refractivity contribution in [3.8, 4) is 11.4 Å². The van der Waals surface area contributed by atoms with Gasteiger partial charge in [0.05, 0.1) is 43.0 Å². The van der Waals surface area contributed by atoms with Crippen molar-refractivity contribution in [1.29, 1.82) is 0 Å². The number of ether oxygens (including phenoxy) is 2. The number of imidazole rings is 1. The molecular formula is C30H44N6O4S. The summed E-state index contributed by atoms with van der Waals surface area (Å²) in [7, 11) is 0. The minimum atomic E-state index is -0.755. The van der Waals surface area contributed by atoms with Crippen LogP contribution in [0.5, 0.6) is 0 Å². The highest BCUT2D eigenvalue weighted by molar-refractivity contribution is 7.14. The van der Waals surface area contributed by atoms with Gasteiger partial charge in [-0.15, -0.1) is 11.3 Å². The molecule has 2 N–H and O–H groups in total. The summed E-state index contributed by atoms with van der Waals surface area (Å²) in [5, 5.41) is 7.68. The minimum Gasteiger partial charge on any atom is -0.376 e. The number of hydrogen-bond acceptors (Lipinski definition) is 8. The fourth-order valence-corrected chi connectivity index (χ4v) is 4.89. The van der Waals surface area contributed by atoms with Gasteiger partial charge in [-0.3, -0.25) is 14.6 Å². The van der Waals surface area contributed by atoms with Crippen LogP contribution in [-0.2, 0) is 19.8 Å². The second-order valence-corrected chi connectivity index (χ2v) is 12.2. The summed E-state index contributed by atoms with van der Waals surface area (Å²) < 4.78 is 12.8. The summed E-state index contributed by atoms with van der Waals surface area (Å²) in [6.07, 6.45) is 6.41. The Bertz CT molecular complexity index is 1290. The molecule has 3 aromatic heterocycles. The molecule has 0 saturated carbocycles. The Labute approximate surface area is 247 Å². The lowest BCUT2D eigenvalue weighted by Gasteiger charge is -2.39. The van der Waals surface area contributed by atoms with Crippen LogP contribution < -0.4 is 10.6 Å². The first kappa shape index (κ1) is 32.4. The van der Waals surface area contributed by atoms with Gasteiger partial charge < -0.3 is 24.7 Å². The fraction of sp³-hybridized carbons (Fsp3) is 0.567. The topological polar surface area (TPSA) is 120 Å². The zero-order chi connectivity index (χ0) is 30.2. The second-order valence-electron chi connectivity index (χ2n) is 11.3. The van der Waals surface area contributed by atoms with Crippen LogP contribution in [-0.4, -0.2) is 62.8 Å². The molecular weight excluding hydrogens is 540 g/mol. The van der Waals surface area contributed by atoms with Crippen LogP contribution >= 0.6 is 11.3 Å². The standard InChI is InChI=1S/C20H22N6O3S.C10H22O/c1-12-5-4-6-14(22-12)16-8-30-19(24-16)25-17(27)13(2)23-18(28)15-7-26(11-21-15)20(3)9-29-10-20;1-6-9(4)11-10(5)7-8(2)3/h4-8,11,13H,9-10H2,1-3H3,(H,23,28)(H,24,25,27);8-10H,6-7H2,1-5H3. The number of anilines is 1. The number of carbonyl (C=O) groups is 2. The molecule has 11 heteroatoms. The molecule has 4 heterocycles. The number of nitrogens with zero attached hydrogens (tertiary/aromatic N) is 4. The van der Waals surface area contributed by atoms with E-state index in [2.05, 4.69) is 60.2 Å². The molecule has 0 aliphatic carbocycles. The predicted molar refractivity (Wildman–Crippen MR) is 162 cm³/mol. The average Bonchev–Trinajstić information content (AvgIpc) is 3.57. The van der Waals surface area contributed by atoms with Gasteiger partial charge in [0, 0.05) is 17.3 Å². The van der Waals surface area contributed by atoms with Crippen molar-refractivity contribution in [2.75, 3.05) is 18.5 Å². The Morgan fingerprint density at radius 2 is 1.85 bits per heavy atom. The quantitative estimate of drug-likeness (QED) is 0.308. The molecule has 1 fully saturated rings. The molecule has 3 atom stereocenters. The smallest absolute Gasteiger partial charge is 0.272 e. The molecule has 1 saturated heterocycles. The van der Waals surface area contributed by atoms with Crippen LogP contribution in [0, 0.1) is 12.8 Å². The summed E-state index contributed by atoms with van der Waals surface area (Å²) in [5.41, 5.74) is 2.40. The van der Waals surface area contributed by atoms with E-state index in [0.717, 1.165) is 23.7 Å². The van der Waals surface area contributed by atoms with E-state index in [1.165, 1.54) is 17.8 Å². The van der Waals surface area contributed by atoms with Gasteiger partial charge in [0.15, 0.2) is 5.13 Å². The average molecular weight is 585 g/mol. The van der Waals surface area contributed by atoms with Crippen LogP contribution in [0.2, 0.25) is 0 Å². The zero-order valence-electron chi connectivity index (χ0n) is 25.4. The van der Waals surface area contributed by atoms with E-state index in [9.17, 15) is 9.59 Å². The number of amides is 2. The van der Waals surface area contributed by atoms with Gasteiger partial charge >= 0.3 is 0 Å². The second kappa shape index (κ2) is 14.7. The van der Waals surface area contributed by atoms with E-state index in [0.29, 0.717) is 36.2 Å². The number of aromatic nitrogens is 4.